The second-order valence-electron chi connectivity index (χ2n) is 2.31. The van der Waals surface area contributed by atoms with Gasteiger partial charge in [-0.3, -0.25) is 0 Å². The fraction of sp³-hybridized carbons (Fsp3) is 0.556. The van der Waals surface area contributed by atoms with Crippen molar-refractivity contribution in [2.45, 2.75) is 12.2 Å². The van der Waals surface area contributed by atoms with Crippen LogP contribution in [0.1, 0.15) is 6.92 Å². The van der Waals surface area contributed by atoms with Crippen LogP contribution in [0.25, 0.3) is 0 Å². The van der Waals surface area contributed by atoms with E-state index in [0.29, 0.717) is 0 Å². The van der Waals surface area contributed by atoms with Gasteiger partial charge < -0.3 is 0 Å². The molecule has 70 valence electrons. The summed E-state index contributed by atoms with van der Waals surface area (Å²) in [6.45, 7) is 9.63. The first-order valence-corrected chi connectivity index (χ1v) is 7.42. The molecule has 1 atom stereocenters. The summed E-state index contributed by atoms with van der Waals surface area (Å²) >= 11 is 1.94. The number of hydrogen-bond donors (Lipinski definition) is 0. The van der Waals surface area contributed by atoms with E-state index in [1.807, 2.05) is 45.5 Å². The smallest absolute Gasteiger partial charge is 0.0215 e. The second-order valence-corrected chi connectivity index (χ2v) is 6.23. The van der Waals surface area contributed by atoms with Crippen LogP contribution in [0, 0.1) is 0 Å². The lowest BCUT2D eigenvalue weighted by molar-refractivity contribution is 1.14. The third-order valence-corrected chi connectivity index (χ3v) is 5.23. The molecule has 0 spiro atoms. The summed E-state index contributed by atoms with van der Waals surface area (Å²) in [5.41, 5.74) is 0. The molecule has 0 saturated heterocycles. The number of rotatable bonds is 8. The fourth-order valence-electron chi connectivity index (χ4n) is 0.549. The normalized spacial score (nSPS) is 12.4. The first kappa shape index (κ1) is 12.5. The van der Waals surface area contributed by atoms with Gasteiger partial charge in [-0.1, -0.05) is 40.7 Å². The van der Waals surface area contributed by atoms with Crippen LogP contribution in [-0.4, -0.2) is 22.5 Å². The highest BCUT2D eigenvalue weighted by Gasteiger charge is 2.01. The van der Waals surface area contributed by atoms with Crippen LogP contribution < -0.4 is 0 Å². The summed E-state index contributed by atoms with van der Waals surface area (Å²) in [4.78, 5) is 0. The van der Waals surface area contributed by atoms with E-state index in [2.05, 4.69) is 20.1 Å². The lowest BCUT2D eigenvalue weighted by Crippen LogP contribution is -1.97. The Labute approximate surface area is 88.0 Å². The van der Waals surface area contributed by atoms with Crippen molar-refractivity contribution in [3.63, 3.8) is 0 Å². The van der Waals surface area contributed by atoms with Crippen molar-refractivity contribution in [3.05, 3.63) is 25.3 Å². The number of thioether (sulfide) groups is 1. The van der Waals surface area contributed by atoms with Crippen molar-refractivity contribution in [2.75, 3.05) is 17.3 Å². The van der Waals surface area contributed by atoms with E-state index in [1.54, 1.807) is 0 Å². The highest BCUT2D eigenvalue weighted by Crippen LogP contribution is 2.28. The van der Waals surface area contributed by atoms with Crippen LogP contribution in [0.15, 0.2) is 25.3 Å². The Balaban J connectivity index is 3.14. The van der Waals surface area contributed by atoms with E-state index in [9.17, 15) is 0 Å². The molecule has 0 aliphatic heterocycles. The minimum atomic E-state index is 0.722. The molecule has 0 radical (unpaired) electrons. The van der Waals surface area contributed by atoms with Crippen LogP contribution in [0.4, 0.5) is 0 Å². The largest absolute Gasteiger partial charge is 0.157 e. The predicted molar refractivity (Wildman–Crippen MR) is 67.2 cm³/mol. The Morgan fingerprint density at radius 2 is 1.92 bits per heavy atom. The van der Waals surface area contributed by atoms with Crippen molar-refractivity contribution in [3.8, 4) is 0 Å². The highest BCUT2D eigenvalue weighted by atomic mass is 33.1. The molecule has 12 heavy (non-hydrogen) atoms. The second kappa shape index (κ2) is 9.62. The minimum Gasteiger partial charge on any atom is -0.157 e. The average molecular weight is 220 g/mol. The molecule has 0 fully saturated rings. The zero-order chi connectivity index (χ0) is 9.23. The highest BCUT2D eigenvalue weighted by molar-refractivity contribution is 8.77. The summed E-state index contributed by atoms with van der Waals surface area (Å²) in [6.07, 6.45) is 3.90. The lowest BCUT2D eigenvalue weighted by atomic mass is 10.6. The molecular weight excluding hydrogens is 204 g/mol. The maximum atomic E-state index is 3.69. The van der Waals surface area contributed by atoms with Gasteiger partial charge in [0.2, 0.25) is 0 Å². The van der Waals surface area contributed by atoms with Crippen LogP contribution in [0.2, 0.25) is 0 Å². The van der Waals surface area contributed by atoms with Crippen LogP contribution in [-0.2, 0) is 0 Å². The Hall–Kier alpha value is 0.530. The molecule has 0 bridgehead atoms. The Morgan fingerprint density at radius 1 is 1.25 bits per heavy atom. The molecular formula is C9H16S3. The molecule has 0 rings (SSSR count). The minimum absolute atomic E-state index is 0.722. The van der Waals surface area contributed by atoms with Gasteiger partial charge in [0, 0.05) is 22.5 Å². The molecule has 0 aromatic heterocycles. The summed E-state index contributed by atoms with van der Waals surface area (Å²) in [5.74, 6) is 3.32. The first-order chi connectivity index (χ1) is 5.81. The lowest BCUT2D eigenvalue weighted by Gasteiger charge is -2.07. The number of hydrogen-bond acceptors (Lipinski definition) is 3. The zero-order valence-corrected chi connectivity index (χ0v) is 9.94. The molecule has 0 aliphatic carbocycles. The van der Waals surface area contributed by atoms with Gasteiger partial charge in [0.25, 0.3) is 0 Å². The van der Waals surface area contributed by atoms with E-state index < -0.39 is 0 Å². The molecule has 3 heteroatoms. The topological polar surface area (TPSA) is 0 Å². The Bertz CT molecular complexity index is 109. The van der Waals surface area contributed by atoms with Crippen molar-refractivity contribution in [2.24, 2.45) is 0 Å². The van der Waals surface area contributed by atoms with Gasteiger partial charge in [0.1, 0.15) is 0 Å². The van der Waals surface area contributed by atoms with Crippen LogP contribution in [0.5, 0.6) is 0 Å². The first-order valence-electron chi connectivity index (χ1n) is 3.89. The summed E-state index contributed by atoms with van der Waals surface area (Å²) in [7, 11) is 3.82. The monoisotopic (exact) mass is 220 g/mol. The van der Waals surface area contributed by atoms with E-state index >= 15 is 0 Å². The van der Waals surface area contributed by atoms with Gasteiger partial charge in [0.05, 0.1) is 0 Å². The van der Waals surface area contributed by atoms with E-state index in [0.717, 1.165) is 16.8 Å². The maximum Gasteiger partial charge on any atom is 0.0215 e. The van der Waals surface area contributed by atoms with E-state index in [4.69, 9.17) is 0 Å². The summed E-state index contributed by atoms with van der Waals surface area (Å²) < 4.78 is 0. The van der Waals surface area contributed by atoms with Crippen LogP contribution >= 0.6 is 33.3 Å². The van der Waals surface area contributed by atoms with Gasteiger partial charge in [-0.2, -0.15) is 11.8 Å². The predicted octanol–water partition coefficient (Wildman–Crippen LogP) is 3.86. The third kappa shape index (κ3) is 8.62. The molecule has 0 aromatic carbocycles. The quantitative estimate of drug-likeness (QED) is 0.346. The molecule has 0 aliphatic rings. The molecule has 1 unspecified atom stereocenters. The van der Waals surface area contributed by atoms with Gasteiger partial charge >= 0.3 is 0 Å². The molecule has 0 nitrogen and oxygen atoms in total. The van der Waals surface area contributed by atoms with E-state index in [1.165, 1.54) is 5.75 Å². The van der Waals surface area contributed by atoms with Crippen molar-refractivity contribution in [1.82, 2.24) is 0 Å². The maximum absolute atomic E-state index is 3.69. The van der Waals surface area contributed by atoms with Gasteiger partial charge in [-0.15, -0.1) is 13.2 Å². The van der Waals surface area contributed by atoms with Gasteiger partial charge in [-0.25, -0.2) is 0 Å². The van der Waals surface area contributed by atoms with Crippen molar-refractivity contribution in [1.29, 1.82) is 0 Å². The van der Waals surface area contributed by atoms with Crippen molar-refractivity contribution >= 4 is 33.3 Å². The zero-order valence-electron chi connectivity index (χ0n) is 7.49. The van der Waals surface area contributed by atoms with Crippen LogP contribution in [0.3, 0.4) is 0 Å². The summed E-state index contributed by atoms with van der Waals surface area (Å²) in [6, 6.07) is 0. The van der Waals surface area contributed by atoms with Crippen molar-refractivity contribution < 1.29 is 0 Å². The SMILES string of the molecule is C=CCSCC(C)SSCC=C. The molecule has 0 saturated carbocycles. The van der Waals surface area contributed by atoms with Gasteiger partial charge in [-0.05, 0) is 0 Å². The van der Waals surface area contributed by atoms with Gasteiger partial charge in [0.15, 0.2) is 0 Å². The fourth-order valence-corrected chi connectivity index (χ4v) is 3.82. The molecule has 0 aromatic rings. The Kier molecular flexibility index (Phi) is 10.0. The van der Waals surface area contributed by atoms with E-state index in [-0.39, 0.29) is 0 Å². The molecule has 0 heterocycles. The average Bonchev–Trinajstić information content (AvgIpc) is 2.06. The molecule has 0 amide bonds. The standard InChI is InChI=1S/C9H16S3/c1-4-6-10-8-9(3)12-11-7-5-2/h4-5,9H,1-2,6-8H2,3H3. The third-order valence-electron chi connectivity index (χ3n) is 1.01. The summed E-state index contributed by atoms with van der Waals surface area (Å²) in [5, 5.41) is 0.722. The Morgan fingerprint density at radius 3 is 2.50 bits per heavy atom. The molecule has 0 N–H and O–H groups in total.